The highest BCUT2D eigenvalue weighted by atomic mass is 16.5. The van der Waals surface area contributed by atoms with Gasteiger partial charge in [-0.3, -0.25) is 0 Å². The van der Waals surface area contributed by atoms with E-state index in [1.807, 2.05) is 7.05 Å². The summed E-state index contributed by atoms with van der Waals surface area (Å²) in [4.78, 5) is 1.78. The third kappa shape index (κ3) is 1.77. The zero-order chi connectivity index (χ0) is 9.14. The summed E-state index contributed by atoms with van der Waals surface area (Å²) in [7, 11) is 1.82. The Morgan fingerprint density at radius 3 is 2.83 bits per heavy atom. The fourth-order valence-corrected chi connectivity index (χ4v) is 1.25. The van der Waals surface area contributed by atoms with Gasteiger partial charge >= 0.3 is 0 Å². The van der Waals surface area contributed by atoms with E-state index in [1.54, 1.807) is 11.1 Å². The van der Waals surface area contributed by atoms with Gasteiger partial charge in [0.2, 0.25) is 0 Å². The van der Waals surface area contributed by atoms with Crippen LogP contribution in [-0.2, 0) is 4.74 Å². The van der Waals surface area contributed by atoms with E-state index in [9.17, 15) is 5.11 Å². The summed E-state index contributed by atoms with van der Waals surface area (Å²) < 4.78 is 5.33. The van der Waals surface area contributed by atoms with Gasteiger partial charge in [0.05, 0.1) is 12.7 Å². The molecule has 0 radical (unpaired) electrons. The summed E-state index contributed by atoms with van der Waals surface area (Å²) in [5.41, 5.74) is 0. The van der Waals surface area contributed by atoms with Gasteiger partial charge in [0.1, 0.15) is 12.3 Å². The first kappa shape index (κ1) is 9.51. The zero-order valence-corrected chi connectivity index (χ0v) is 7.18. The first-order valence-corrected chi connectivity index (χ1v) is 3.98. The van der Waals surface area contributed by atoms with Gasteiger partial charge in [-0.15, -0.1) is 0 Å². The smallest absolute Gasteiger partial charge is 0.132 e. The SMILES string of the molecule is C=CN(C)C1CC(O)C(CO)O1. The molecular formula is C8H15NO3. The predicted octanol–water partition coefficient (Wildman–Crippen LogP) is -0.470. The van der Waals surface area contributed by atoms with Gasteiger partial charge in [-0.2, -0.15) is 0 Å². The van der Waals surface area contributed by atoms with Crippen LogP contribution in [0.1, 0.15) is 6.42 Å². The van der Waals surface area contributed by atoms with Crippen LogP contribution in [0.4, 0.5) is 0 Å². The molecule has 1 fully saturated rings. The molecule has 0 aromatic carbocycles. The lowest BCUT2D eigenvalue weighted by Gasteiger charge is -2.21. The highest BCUT2D eigenvalue weighted by Gasteiger charge is 2.34. The number of aliphatic hydroxyl groups excluding tert-OH is 2. The number of aliphatic hydroxyl groups is 2. The molecule has 0 aromatic rings. The average Bonchev–Trinajstić information content (AvgIpc) is 2.45. The molecule has 1 aliphatic heterocycles. The second-order valence-corrected chi connectivity index (χ2v) is 2.96. The van der Waals surface area contributed by atoms with E-state index in [0.717, 1.165) is 0 Å². The van der Waals surface area contributed by atoms with E-state index in [4.69, 9.17) is 9.84 Å². The molecule has 12 heavy (non-hydrogen) atoms. The highest BCUT2D eigenvalue weighted by molar-refractivity contribution is 4.83. The minimum Gasteiger partial charge on any atom is -0.394 e. The van der Waals surface area contributed by atoms with Gasteiger partial charge in [-0.25, -0.2) is 0 Å². The van der Waals surface area contributed by atoms with Gasteiger partial charge in [-0.1, -0.05) is 6.58 Å². The first-order chi connectivity index (χ1) is 5.69. The van der Waals surface area contributed by atoms with Crippen molar-refractivity contribution < 1.29 is 14.9 Å². The van der Waals surface area contributed by atoms with E-state index < -0.39 is 12.2 Å². The maximum Gasteiger partial charge on any atom is 0.132 e. The van der Waals surface area contributed by atoms with Crippen molar-refractivity contribution in [2.75, 3.05) is 13.7 Å². The van der Waals surface area contributed by atoms with Gasteiger partial charge < -0.3 is 19.8 Å². The molecule has 0 amide bonds. The summed E-state index contributed by atoms with van der Waals surface area (Å²) in [5, 5.41) is 18.1. The fraction of sp³-hybridized carbons (Fsp3) is 0.750. The Bertz CT molecular complexity index is 162. The molecule has 1 saturated heterocycles. The van der Waals surface area contributed by atoms with Crippen LogP contribution in [-0.4, -0.2) is 47.2 Å². The number of ether oxygens (including phenoxy) is 1. The molecule has 1 rings (SSSR count). The standard InChI is InChI=1S/C8H15NO3/c1-3-9(2)8-4-6(11)7(5-10)12-8/h3,6-8,10-11H,1,4-5H2,2H3. The Morgan fingerprint density at radius 1 is 1.75 bits per heavy atom. The van der Waals surface area contributed by atoms with Crippen LogP contribution in [0.3, 0.4) is 0 Å². The first-order valence-electron chi connectivity index (χ1n) is 3.98. The predicted molar refractivity (Wildman–Crippen MR) is 44.3 cm³/mol. The molecule has 0 spiro atoms. The van der Waals surface area contributed by atoms with Crippen molar-refractivity contribution >= 4 is 0 Å². The average molecular weight is 173 g/mol. The third-order valence-electron chi connectivity index (χ3n) is 2.13. The van der Waals surface area contributed by atoms with Crippen molar-refractivity contribution in [2.24, 2.45) is 0 Å². The molecular weight excluding hydrogens is 158 g/mol. The van der Waals surface area contributed by atoms with Crippen LogP contribution in [0.2, 0.25) is 0 Å². The molecule has 1 heterocycles. The molecule has 0 bridgehead atoms. The molecule has 2 N–H and O–H groups in total. The van der Waals surface area contributed by atoms with Crippen molar-refractivity contribution in [3.63, 3.8) is 0 Å². The van der Waals surface area contributed by atoms with E-state index in [0.29, 0.717) is 6.42 Å². The van der Waals surface area contributed by atoms with Crippen LogP contribution in [0.5, 0.6) is 0 Å². The van der Waals surface area contributed by atoms with Crippen molar-refractivity contribution in [1.82, 2.24) is 4.90 Å². The lowest BCUT2D eigenvalue weighted by molar-refractivity contribution is -0.0578. The molecule has 0 aromatic heterocycles. The van der Waals surface area contributed by atoms with E-state index >= 15 is 0 Å². The second kappa shape index (κ2) is 3.89. The van der Waals surface area contributed by atoms with Crippen molar-refractivity contribution in [3.05, 3.63) is 12.8 Å². The zero-order valence-electron chi connectivity index (χ0n) is 7.18. The fourth-order valence-electron chi connectivity index (χ4n) is 1.25. The third-order valence-corrected chi connectivity index (χ3v) is 2.13. The Balaban J connectivity index is 2.47. The molecule has 70 valence electrons. The number of rotatable bonds is 3. The van der Waals surface area contributed by atoms with Crippen LogP contribution >= 0.6 is 0 Å². The largest absolute Gasteiger partial charge is 0.394 e. The van der Waals surface area contributed by atoms with Crippen molar-refractivity contribution in [2.45, 2.75) is 24.9 Å². The number of hydrogen-bond acceptors (Lipinski definition) is 4. The summed E-state index contributed by atoms with van der Waals surface area (Å²) in [5.74, 6) is 0. The summed E-state index contributed by atoms with van der Waals surface area (Å²) in [6.07, 6.45) is 0.986. The molecule has 3 unspecified atom stereocenters. The van der Waals surface area contributed by atoms with Crippen LogP contribution in [0.25, 0.3) is 0 Å². The molecule has 4 nitrogen and oxygen atoms in total. The topological polar surface area (TPSA) is 52.9 Å². The molecule has 1 aliphatic rings. The van der Waals surface area contributed by atoms with E-state index in [-0.39, 0.29) is 12.8 Å². The summed E-state index contributed by atoms with van der Waals surface area (Å²) >= 11 is 0. The van der Waals surface area contributed by atoms with E-state index in [1.165, 1.54) is 0 Å². The molecule has 0 saturated carbocycles. The lowest BCUT2D eigenvalue weighted by atomic mass is 10.2. The van der Waals surface area contributed by atoms with Crippen LogP contribution < -0.4 is 0 Å². The number of hydrogen-bond donors (Lipinski definition) is 2. The lowest BCUT2D eigenvalue weighted by Crippen LogP contribution is -2.27. The van der Waals surface area contributed by atoms with Crippen LogP contribution in [0, 0.1) is 0 Å². The van der Waals surface area contributed by atoms with Gasteiger partial charge in [0.25, 0.3) is 0 Å². The quantitative estimate of drug-likeness (QED) is 0.606. The molecule has 4 heteroatoms. The number of nitrogens with zero attached hydrogens (tertiary/aromatic N) is 1. The Morgan fingerprint density at radius 2 is 2.42 bits per heavy atom. The summed E-state index contributed by atoms with van der Waals surface area (Å²) in [6, 6.07) is 0. The Hall–Kier alpha value is -0.580. The van der Waals surface area contributed by atoms with Crippen molar-refractivity contribution in [3.8, 4) is 0 Å². The normalized spacial score (nSPS) is 35.1. The Kier molecular flexibility index (Phi) is 3.08. The van der Waals surface area contributed by atoms with E-state index in [2.05, 4.69) is 6.58 Å². The molecule has 0 aliphatic carbocycles. The second-order valence-electron chi connectivity index (χ2n) is 2.96. The van der Waals surface area contributed by atoms with Gasteiger partial charge in [0, 0.05) is 13.5 Å². The maximum absolute atomic E-state index is 9.36. The monoisotopic (exact) mass is 173 g/mol. The maximum atomic E-state index is 9.36. The van der Waals surface area contributed by atoms with Gasteiger partial charge in [0.15, 0.2) is 0 Å². The van der Waals surface area contributed by atoms with Crippen molar-refractivity contribution in [1.29, 1.82) is 0 Å². The minimum atomic E-state index is -0.567. The minimum absolute atomic E-state index is 0.136. The molecule has 3 atom stereocenters. The van der Waals surface area contributed by atoms with Crippen LogP contribution in [0.15, 0.2) is 12.8 Å². The Labute approximate surface area is 72.1 Å². The van der Waals surface area contributed by atoms with Gasteiger partial charge in [-0.05, 0) is 6.20 Å². The highest BCUT2D eigenvalue weighted by Crippen LogP contribution is 2.21. The summed E-state index contributed by atoms with van der Waals surface area (Å²) in [6.45, 7) is 3.45.